The summed E-state index contributed by atoms with van der Waals surface area (Å²) in [5.41, 5.74) is 1.74. The fraction of sp³-hybridized carbons (Fsp3) is 0.333. The summed E-state index contributed by atoms with van der Waals surface area (Å²) in [4.78, 5) is 19.8. The van der Waals surface area contributed by atoms with E-state index in [9.17, 15) is 4.79 Å². The number of amides is 1. The van der Waals surface area contributed by atoms with Gasteiger partial charge < -0.3 is 0 Å². The van der Waals surface area contributed by atoms with Crippen LogP contribution in [0.2, 0.25) is 5.02 Å². The third-order valence-electron chi connectivity index (χ3n) is 5.01. The number of piperidine rings is 1. The van der Waals surface area contributed by atoms with E-state index in [-0.39, 0.29) is 11.9 Å². The summed E-state index contributed by atoms with van der Waals surface area (Å²) in [7, 11) is 0. The highest BCUT2D eigenvalue weighted by Crippen LogP contribution is 2.44. The van der Waals surface area contributed by atoms with E-state index >= 15 is 0 Å². The Bertz CT molecular complexity index is 787. The van der Waals surface area contributed by atoms with Crippen molar-refractivity contribution in [2.75, 3.05) is 4.90 Å². The standard InChI is InChI=1S/C21H23ClN2O/c1-4-11-21(3)12-9-18(16-5-7-17(22)8-6-16)24(20(21)25)19-14-15(2)10-13-23-19/h4-8,10,13-14,18H,1,9,11-12H2,2-3H3/t18?,21-/m0/s1. The number of benzene rings is 1. The van der Waals surface area contributed by atoms with Crippen LogP contribution in [-0.2, 0) is 4.79 Å². The second kappa shape index (κ2) is 7.01. The molecule has 1 aliphatic heterocycles. The lowest BCUT2D eigenvalue weighted by Crippen LogP contribution is -2.49. The van der Waals surface area contributed by atoms with E-state index in [1.165, 1.54) is 0 Å². The van der Waals surface area contributed by atoms with Gasteiger partial charge in [-0.1, -0.05) is 36.7 Å². The van der Waals surface area contributed by atoms with Crippen LogP contribution in [0.5, 0.6) is 0 Å². The molecule has 3 nitrogen and oxygen atoms in total. The third-order valence-corrected chi connectivity index (χ3v) is 5.27. The first kappa shape index (κ1) is 17.7. The van der Waals surface area contributed by atoms with E-state index in [4.69, 9.17) is 11.6 Å². The third kappa shape index (κ3) is 3.47. The van der Waals surface area contributed by atoms with Crippen LogP contribution >= 0.6 is 11.6 Å². The largest absolute Gasteiger partial charge is 0.289 e. The van der Waals surface area contributed by atoms with Crippen molar-refractivity contribution in [2.45, 2.75) is 39.2 Å². The summed E-state index contributed by atoms with van der Waals surface area (Å²) >= 11 is 6.04. The summed E-state index contributed by atoms with van der Waals surface area (Å²) in [6.45, 7) is 7.87. The molecule has 1 amide bonds. The molecule has 25 heavy (non-hydrogen) atoms. The van der Waals surface area contributed by atoms with Crippen molar-refractivity contribution in [1.29, 1.82) is 0 Å². The molecule has 0 spiro atoms. The molecule has 4 heteroatoms. The minimum Gasteiger partial charge on any atom is -0.289 e. The minimum absolute atomic E-state index is 0.0306. The van der Waals surface area contributed by atoms with E-state index in [0.29, 0.717) is 17.3 Å². The van der Waals surface area contributed by atoms with Crippen LogP contribution in [-0.4, -0.2) is 10.9 Å². The first-order valence-corrected chi connectivity index (χ1v) is 8.95. The van der Waals surface area contributed by atoms with E-state index in [1.54, 1.807) is 6.20 Å². The number of hydrogen-bond donors (Lipinski definition) is 0. The first-order valence-electron chi connectivity index (χ1n) is 8.57. The van der Waals surface area contributed by atoms with Crippen LogP contribution in [0.15, 0.2) is 55.3 Å². The average Bonchev–Trinajstić information content (AvgIpc) is 2.58. The molecule has 0 N–H and O–H groups in total. The Hall–Kier alpha value is -2.13. The Morgan fingerprint density at radius 3 is 2.72 bits per heavy atom. The zero-order valence-electron chi connectivity index (χ0n) is 14.7. The molecule has 1 aliphatic rings. The number of pyridine rings is 1. The SMILES string of the molecule is C=CC[C@@]1(C)CCC(c2ccc(Cl)cc2)N(c2cc(C)ccn2)C1=O. The number of aromatic nitrogens is 1. The van der Waals surface area contributed by atoms with E-state index in [2.05, 4.69) is 11.6 Å². The Kier molecular flexibility index (Phi) is 4.96. The zero-order valence-corrected chi connectivity index (χ0v) is 15.5. The lowest BCUT2D eigenvalue weighted by Gasteiger charge is -2.44. The number of halogens is 1. The number of carbonyl (C=O) groups is 1. The molecule has 1 saturated heterocycles. The van der Waals surface area contributed by atoms with Crippen molar-refractivity contribution in [3.05, 3.63) is 71.4 Å². The minimum atomic E-state index is -0.434. The highest BCUT2D eigenvalue weighted by molar-refractivity contribution is 6.30. The predicted octanol–water partition coefficient (Wildman–Crippen LogP) is 5.49. The van der Waals surface area contributed by atoms with Crippen molar-refractivity contribution in [3.8, 4) is 0 Å². The maximum absolute atomic E-state index is 13.4. The molecule has 1 fully saturated rings. The van der Waals surface area contributed by atoms with Gasteiger partial charge in [0, 0.05) is 11.2 Å². The smallest absolute Gasteiger partial charge is 0.234 e. The van der Waals surface area contributed by atoms with Gasteiger partial charge in [-0.2, -0.15) is 0 Å². The van der Waals surface area contributed by atoms with Gasteiger partial charge in [0.05, 0.1) is 11.5 Å². The predicted molar refractivity (Wildman–Crippen MR) is 103 cm³/mol. The molecule has 3 rings (SSSR count). The van der Waals surface area contributed by atoms with Crippen LogP contribution in [0.25, 0.3) is 0 Å². The summed E-state index contributed by atoms with van der Waals surface area (Å²) in [5.74, 6) is 0.816. The number of nitrogens with zero attached hydrogens (tertiary/aromatic N) is 2. The second-order valence-corrected chi connectivity index (χ2v) is 7.46. The van der Waals surface area contributed by atoms with Gasteiger partial charge in [0.15, 0.2) is 0 Å². The van der Waals surface area contributed by atoms with E-state index in [0.717, 1.165) is 24.0 Å². The monoisotopic (exact) mass is 354 g/mol. The van der Waals surface area contributed by atoms with Crippen LogP contribution < -0.4 is 4.90 Å². The number of allylic oxidation sites excluding steroid dienone is 1. The van der Waals surface area contributed by atoms with Gasteiger partial charge >= 0.3 is 0 Å². The molecule has 0 bridgehead atoms. The van der Waals surface area contributed by atoms with Crippen molar-refractivity contribution in [2.24, 2.45) is 5.41 Å². The molecule has 130 valence electrons. The van der Waals surface area contributed by atoms with Gasteiger partial charge in [0.2, 0.25) is 5.91 Å². The van der Waals surface area contributed by atoms with Crippen LogP contribution in [0.3, 0.4) is 0 Å². The molecule has 2 aromatic rings. The van der Waals surface area contributed by atoms with Crippen molar-refractivity contribution >= 4 is 23.3 Å². The van der Waals surface area contributed by atoms with Crippen molar-refractivity contribution in [1.82, 2.24) is 4.98 Å². The van der Waals surface area contributed by atoms with Gasteiger partial charge in [-0.15, -0.1) is 6.58 Å². The highest BCUT2D eigenvalue weighted by Gasteiger charge is 2.44. The summed E-state index contributed by atoms with van der Waals surface area (Å²) < 4.78 is 0. The Morgan fingerprint density at radius 2 is 2.08 bits per heavy atom. The van der Waals surface area contributed by atoms with Crippen LogP contribution in [0.1, 0.15) is 43.4 Å². The molecular weight excluding hydrogens is 332 g/mol. The molecule has 1 unspecified atom stereocenters. The summed E-state index contributed by atoms with van der Waals surface area (Å²) in [6.07, 6.45) is 5.97. The highest BCUT2D eigenvalue weighted by atomic mass is 35.5. The molecular formula is C21H23ClN2O. The normalized spacial score (nSPS) is 23.6. The van der Waals surface area contributed by atoms with Gasteiger partial charge in [-0.3, -0.25) is 9.69 Å². The van der Waals surface area contributed by atoms with Crippen LogP contribution in [0.4, 0.5) is 5.82 Å². The molecule has 0 radical (unpaired) electrons. The van der Waals surface area contributed by atoms with Crippen molar-refractivity contribution < 1.29 is 4.79 Å². The van der Waals surface area contributed by atoms with Crippen LogP contribution in [0, 0.1) is 12.3 Å². The number of aryl methyl sites for hydroxylation is 1. The zero-order chi connectivity index (χ0) is 18.0. The molecule has 1 aromatic carbocycles. The van der Waals surface area contributed by atoms with Gasteiger partial charge in [0.25, 0.3) is 0 Å². The molecule has 0 aliphatic carbocycles. The quantitative estimate of drug-likeness (QED) is 0.680. The summed E-state index contributed by atoms with van der Waals surface area (Å²) in [5, 5.41) is 0.697. The van der Waals surface area contributed by atoms with E-state index < -0.39 is 5.41 Å². The molecule has 0 saturated carbocycles. The lowest BCUT2D eigenvalue weighted by atomic mass is 9.75. The maximum Gasteiger partial charge on any atom is 0.234 e. The van der Waals surface area contributed by atoms with Gasteiger partial charge in [-0.25, -0.2) is 4.98 Å². The number of hydrogen-bond acceptors (Lipinski definition) is 2. The average molecular weight is 355 g/mol. The molecule has 2 atom stereocenters. The fourth-order valence-corrected chi connectivity index (χ4v) is 3.67. The maximum atomic E-state index is 13.4. The number of carbonyl (C=O) groups excluding carboxylic acids is 1. The van der Waals surface area contributed by atoms with Gasteiger partial charge in [0.1, 0.15) is 5.82 Å². The number of anilines is 1. The first-order chi connectivity index (χ1) is 11.9. The lowest BCUT2D eigenvalue weighted by molar-refractivity contribution is -0.130. The topological polar surface area (TPSA) is 33.2 Å². The molecule has 2 heterocycles. The Morgan fingerprint density at radius 1 is 1.36 bits per heavy atom. The van der Waals surface area contributed by atoms with E-state index in [1.807, 2.05) is 61.2 Å². The molecule has 1 aromatic heterocycles. The van der Waals surface area contributed by atoms with Gasteiger partial charge in [-0.05, 0) is 61.6 Å². The second-order valence-electron chi connectivity index (χ2n) is 7.03. The number of rotatable bonds is 4. The van der Waals surface area contributed by atoms with Crippen molar-refractivity contribution in [3.63, 3.8) is 0 Å². The Balaban J connectivity index is 2.06. The Labute approximate surface area is 154 Å². The summed E-state index contributed by atoms with van der Waals surface area (Å²) in [6, 6.07) is 11.6. The fourth-order valence-electron chi connectivity index (χ4n) is 3.55.